The molecule has 1 atom stereocenters. The molecule has 19 heavy (non-hydrogen) atoms. The largest absolute Gasteiger partial charge is 0.497 e. The van der Waals surface area contributed by atoms with E-state index < -0.39 is 0 Å². The number of alkyl halides is 1. The summed E-state index contributed by atoms with van der Waals surface area (Å²) < 4.78 is 6.27. The Balaban J connectivity index is 2.29. The van der Waals surface area contributed by atoms with Gasteiger partial charge >= 0.3 is 0 Å². The summed E-state index contributed by atoms with van der Waals surface area (Å²) in [7, 11) is 1.68. The van der Waals surface area contributed by atoms with Crippen LogP contribution in [0.2, 0.25) is 0 Å². The highest BCUT2D eigenvalue weighted by atomic mass is 79.9. The Kier molecular flexibility index (Phi) is 5.06. The van der Waals surface area contributed by atoms with Crippen molar-refractivity contribution in [2.45, 2.75) is 18.2 Å². The molecule has 0 amide bonds. The highest BCUT2D eigenvalue weighted by Crippen LogP contribution is 2.37. The third-order valence-electron chi connectivity index (χ3n) is 3.16. The van der Waals surface area contributed by atoms with Gasteiger partial charge in [0.1, 0.15) is 5.75 Å². The minimum Gasteiger partial charge on any atom is -0.497 e. The van der Waals surface area contributed by atoms with Gasteiger partial charge in [-0.05, 0) is 35.2 Å². The maximum atomic E-state index is 5.22. The maximum Gasteiger partial charge on any atom is 0.120 e. The van der Waals surface area contributed by atoms with Gasteiger partial charge in [0.25, 0.3) is 0 Å². The number of ether oxygens (including phenoxy) is 1. The van der Waals surface area contributed by atoms with Crippen LogP contribution in [-0.4, -0.2) is 7.11 Å². The van der Waals surface area contributed by atoms with Gasteiger partial charge in [0, 0.05) is 4.47 Å². The van der Waals surface area contributed by atoms with E-state index in [0.717, 1.165) is 16.6 Å². The number of methoxy groups -OCH3 is 1. The molecule has 0 spiro atoms. The van der Waals surface area contributed by atoms with Crippen LogP contribution in [0.1, 0.15) is 28.4 Å². The topological polar surface area (TPSA) is 9.23 Å². The smallest absolute Gasteiger partial charge is 0.120 e. The van der Waals surface area contributed by atoms with Gasteiger partial charge in [0.2, 0.25) is 0 Å². The van der Waals surface area contributed by atoms with Gasteiger partial charge in [-0.3, -0.25) is 0 Å². The first-order valence-electron chi connectivity index (χ1n) is 6.22. The van der Waals surface area contributed by atoms with Crippen LogP contribution >= 0.6 is 31.9 Å². The molecule has 0 aliphatic rings. The lowest BCUT2D eigenvalue weighted by Gasteiger charge is -2.14. The third kappa shape index (κ3) is 3.40. The fourth-order valence-corrected chi connectivity index (χ4v) is 3.54. The van der Waals surface area contributed by atoms with E-state index in [1.165, 1.54) is 16.7 Å². The minimum absolute atomic E-state index is 0.179. The first-order chi connectivity index (χ1) is 9.15. The second-order valence-corrected chi connectivity index (χ2v) is 6.12. The predicted octanol–water partition coefficient (Wildman–Crippen LogP) is 5.50. The molecule has 2 rings (SSSR count). The molecule has 1 unspecified atom stereocenters. The molecule has 1 nitrogen and oxygen atoms in total. The quantitative estimate of drug-likeness (QED) is 0.633. The molecule has 0 aliphatic carbocycles. The Morgan fingerprint density at radius 1 is 1.11 bits per heavy atom. The molecule has 3 heteroatoms. The Labute approximate surface area is 131 Å². The fourth-order valence-electron chi connectivity index (χ4n) is 1.94. The van der Waals surface area contributed by atoms with Gasteiger partial charge in [-0.1, -0.05) is 69.1 Å². The summed E-state index contributed by atoms with van der Waals surface area (Å²) in [5, 5.41) is 0. The van der Waals surface area contributed by atoms with Crippen molar-refractivity contribution in [2.75, 3.05) is 7.11 Å². The molecule has 0 bridgehead atoms. The molecular weight excluding hydrogens is 368 g/mol. The van der Waals surface area contributed by atoms with Crippen molar-refractivity contribution in [3.63, 3.8) is 0 Å². The Morgan fingerprint density at radius 2 is 1.79 bits per heavy atom. The summed E-state index contributed by atoms with van der Waals surface area (Å²) in [5.74, 6) is 0.858. The minimum atomic E-state index is 0.179. The molecule has 0 saturated carbocycles. The number of rotatable bonds is 4. The zero-order valence-electron chi connectivity index (χ0n) is 11.0. The Hall–Kier alpha value is -0.800. The normalized spacial score (nSPS) is 12.2. The van der Waals surface area contributed by atoms with E-state index in [2.05, 4.69) is 69.1 Å². The van der Waals surface area contributed by atoms with Crippen LogP contribution in [-0.2, 0) is 6.42 Å². The molecule has 0 aromatic heterocycles. The number of benzene rings is 2. The number of hydrogen-bond acceptors (Lipinski definition) is 1. The summed E-state index contributed by atoms with van der Waals surface area (Å²) in [6.45, 7) is 2.17. The van der Waals surface area contributed by atoms with E-state index >= 15 is 0 Å². The van der Waals surface area contributed by atoms with Crippen molar-refractivity contribution in [1.29, 1.82) is 0 Å². The number of hydrogen-bond donors (Lipinski definition) is 0. The standard InChI is InChI=1S/C16H16Br2O/c1-3-11-4-6-12(7-5-11)16(18)14-9-8-13(19-2)10-15(14)17/h4-10,16H,3H2,1-2H3. The van der Waals surface area contributed by atoms with E-state index in [0.29, 0.717) is 0 Å². The van der Waals surface area contributed by atoms with Gasteiger partial charge in [-0.25, -0.2) is 0 Å². The zero-order chi connectivity index (χ0) is 13.8. The van der Waals surface area contributed by atoms with Crippen molar-refractivity contribution in [2.24, 2.45) is 0 Å². The second kappa shape index (κ2) is 6.58. The van der Waals surface area contributed by atoms with Crippen molar-refractivity contribution < 1.29 is 4.74 Å². The Morgan fingerprint density at radius 3 is 2.32 bits per heavy atom. The highest BCUT2D eigenvalue weighted by molar-refractivity contribution is 9.11. The van der Waals surface area contributed by atoms with E-state index in [1.807, 2.05) is 12.1 Å². The Bertz CT molecular complexity index is 549. The van der Waals surface area contributed by atoms with Gasteiger partial charge in [0.15, 0.2) is 0 Å². The van der Waals surface area contributed by atoms with E-state index in [-0.39, 0.29) is 4.83 Å². The molecule has 0 aliphatic heterocycles. The molecule has 100 valence electrons. The van der Waals surface area contributed by atoms with Crippen LogP contribution in [0.5, 0.6) is 5.75 Å². The van der Waals surface area contributed by atoms with Gasteiger partial charge in [0.05, 0.1) is 11.9 Å². The molecule has 0 fully saturated rings. The van der Waals surface area contributed by atoms with Gasteiger partial charge in [-0.15, -0.1) is 0 Å². The predicted molar refractivity (Wildman–Crippen MR) is 87.3 cm³/mol. The van der Waals surface area contributed by atoms with Crippen LogP contribution < -0.4 is 4.74 Å². The third-order valence-corrected chi connectivity index (χ3v) is 4.87. The summed E-state index contributed by atoms with van der Waals surface area (Å²) in [6.07, 6.45) is 1.07. The van der Waals surface area contributed by atoms with Crippen molar-refractivity contribution in [3.8, 4) is 5.75 Å². The van der Waals surface area contributed by atoms with Crippen LogP contribution in [0, 0.1) is 0 Å². The average Bonchev–Trinajstić information content (AvgIpc) is 2.46. The monoisotopic (exact) mass is 382 g/mol. The summed E-state index contributed by atoms with van der Waals surface area (Å²) >= 11 is 7.37. The molecular formula is C16H16Br2O. The van der Waals surface area contributed by atoms with Crippen molar-refractivity contribution >= 4 is 31.9 Å². The number of aryl methyl sites for hydroxylation is 1. The fraction of sp³-hybridized carbons (Fsp3) is 0.250. The molecule has 2 aromatic carbocycles. The van der Waals surface area contributed by atoms with Crippen LogP contribution in [0.4, 0.5) is 0 Å². The molecule has 0 saturated heterocycles. The second-order valence-electron chi connectivity index (χ2n) is 4.35. The van der Waals surface area contributed by atoms with Crippen LogP contribution in [0.3, 0.4) is 0 Å². The lowest BCUT2D eigenvalue weighted by molar-refractivity contribution is 0.414. The van der Waals surface area contributed by atoms with Gasteiger partial charge in [-0.2, -0.15) is 0 Å². The number of halogens is 2. The first kappa shape index (κ1) is 14.6. The SMILES string of the molecule is CCc1ccc(C(Br)c2ccc(OC)cc2Br)cc1. The van der Waals surface area contributed by atoms with E-state index in [4.69, 9.17) is 4.74 Å². The summed E-state index contributed by atoms with van der Waals surface area (Å²) in [5.41, 5.74) is 3.81. The summed E-state index contributed by atoms with van der Waals surface area (Å²) in [6, 6.07) is 14.8. The average molecular weight is 384 g/mol. The molecule has 0 N–H and O–H groups in total. The van der Waals surface area contributed by atoms with Gasteiger partial charge < -0.3 is 4.74 Å². The molecule has 2 aromatic rings. The highest BCUT2D eigenvalue weighted by Gasteiger charge is 2.14. The van der Waals surface area contributed by atoms with Crippen LogP contribution in [0.15, 0.2) is 46.9 Å². The maximum absolute atomic E-state index is 5.22. The lowest BCUT2D eigenvalue weighted by atomic mass is 10.0. The molecule has 0 heterocycles. The van der Waals surface area contributed by atoms with Crippen molar-refractivity contribution in [3.05, 3.63) is 63.6 Å². The zero-order valence-corrected chi connectivity index (χ0v) is 14.2. The summed E-state index contributed by atoms with van der Waals surface area (Å²) in [4.78, 5) is 0.179. The van der Waals surface area contributed by atoms with Crippen LogP contribution in [0.25, 0.3) is 0 Å². The molecule has 0 radical (unpaired) electrons. The first-order valence-corrected chi connectivity index (χ1v) is 7.93. The van der Waals surface area contributed by atoms with E-state index in [1.54, 1.807) is 7.11 Å². The van der Waals surface area contributed by atoms with Crippen molar-refractivity contribution in [1.82, 2.24) is 0 Å². The lowest BCUT2D eigenvalue weighted by Crippen LogP contribution is -1.95. The van der Waals surface area contributed by atoms with E-state index in [9.17, 15) is 0 Å².